The maximum atomic E-state index is 10.3. The smallest absolute Gasteiger partial charge is 0.293 e. The van der Waals surface area contributed by atoms with E-state index in [4.69, 9.17) is 5.73 Å². The topological polar surface area (TPSA) is 63.3 Å². The second-order valence-corrected chi connectivity index (χ2v) is 2.62. The molecule has 0 unspecified atom stereocenters. The van der Waals surface area contributed by atoms with E-state index in [-0.39, 0.29) is 5.75 Å². The van der Waals surface area contributed by atoms with Gasteiger partial charge in [-0.15, -0.1) is 0 Å². The van der Waals surface area contributed by atoms with Gasteiger partial charge in [0.05, 0.1) is 0 Å². The van der Waals surface area contributed by atoms with Crippen LogP contribution in [-0.4, -0.2) is 11.0 Å². The zero-order valence-corrected chi connectivity index (χ0v) is 7.16. The number of phenols is 1. The van der Waals surface area contributed by atoms with Gasteiger partial charge in [0.1, 0.15) is 5.75 Å². The second kappa shape index (κ2) is 3.63. The number of hydrogen-bond acceptors (Lipinski definition) is 2. The molecule has 0 fully saturated rings. The molecule has 0 heterocycles. The first-order valence-electron chi connectivity index (χ1n) is 3.70. The van der Waals surface area contributed by atoms with Crippen LogP contribution >= 0.6 is 0 Å². The van der Waals surface area contributed by atoms with Crippen molar-refractivity contribution in [1.82, 2.24) is 0 Å². The number of hydrogen-bond donors (Lipinski definition) is 2. The summed E-state index contributed by atoms with van der Waals surface area (Å²) in [7, 11) is 0. The number of nitrogens with two attached hydrogens (primary N) is 1. The summed E-state index contributed by atoms with van der Waals surface area (Å²) in [5.74, 6) is 4.34. The van der Waals surface area contributed by atoms with Crippen molar-refractivity contribution in [1.29, 1.82) is 0 Å². The number of amides is 1. The van der Waals surface area contributed by atoms with Gasteiger partial charge in [-0.1, -0.05) is 5.92 Å². The van der Waals surface area contributed by atoms with E-state index in [1.165, 1.54) is 6.07 Å². The van der Waals surface area contributed by atoms with Crippen molar-refractivity contribution < 1.29 is 9.90 Å². The van der Waals surface area contributed by atoms with E-state index in [2.05, 4.69) is 11.8 Å². The summed E-state index contributed by atoms with van der Waals surface area (Å²) in [6.07, 6.45) is 0. The van der Waals surface area contributed by atoms with Gasteiger partial charge in [0.2, 0.25) is 0 Å². The summed E-state index contributed by atoms with van der Waals surface area (Å²) in [5.41, 5.74) is 6.23. The molecule has 3 N–H and O–H groups in total. The molecule has 1 aromatic rings. The molecule has 0 spiro atoms. The van der Waals surface area contributed by atoms with Crippen molar-refractivity contribution in [2.24, 2.45) is 5.73 Å². The Balaban J connectivity index is 3.00. The van der Waals surface area contributed by atoms with Crippen molar-refractivity contribution in [2.45, 2.75) is 6.92 Å². The minimum atomic E-state index is -0.661. The Labute approximate surface area is 76.2 Å². The molecule has 0 aliphatic heterocycles. The Morgan fingerprint density at radius 2 is 2.23 bits per heavy atom. The molecule has 0 radical (unpaired) electrons. The van der Waals surface area contributed by atoms with E-state index in [0.717, 1.165) is 5.56 Å². The summed E-state index contributed by atoms with van der Waals surface area (Å²) in [6, 6.07) is 4.84. The number of benzene rings is 1. The third-order valence-corrected chi connectivity index (χ3v) is 1.53. The zero-order chi connectivity index (χ0) is 9.84. The lowest BCUT2D eigenvalue weighted by molar-refractivity contribution is -0.112. The fourth-order valence-electron chi connectivity index (χ4n) is 0.867. The van der Waals surface area contributed by atoms with E-state index in [0.29, 0.717) is 5.56 Å². The molecule has 0 bridgehead atoms. The van der Waals surface area contributed by atoms with E-state index in [1.54, 1.807) is 19.1 Å². The van der Waals surface area contributed by atoms with Crippen LogP contribution in [-0.2, 0) is 4.79 Å². The molecule has 1 rings (SSSR count). The highest BCUT2D eigenvalue weighted by molar-refractivity contribution is 5.92. The Morgan fingerprint density at radius 1 is 1.54 bits per heavy atom. The predicted molar refractivity (Wildman–Crippen MR) is 48.9 cm³/mol. The summed E-state index contributed by atoms with van der Waals surface area (Å²) in [5, 5.41) is 9.18. The predicted octanol–water partition coefficient (Wildman–Crippen LogP) is 0.537. The van der Waals surface area contributed by atoms with Gasteiger partial charge in [-0.3, -0.25) is 4.79 Å². The van der Waals surface area contributed by atoms with E-state index in [9.17, 15) is 9.90 Å². The highest BCUT2D eigenvalue weighted by Crippen LogP contribution is 2.15. The molecular formula is C10H9NO2. The van der Waals surface area contributed by atoms with Crippen molar-refractivity contribution in [3.05, 3.63) is 29.3 Å². The van der Waals surface area contributed by atoms with Gasteiger partial charge in [-0.2, -0.15) is 0 Å². The molecule has 3 nitrogen and oxygen atoms in total. The molecular weight excluding hydrogens is 166 g/mol. The van der Waals surface area contributed by atoms with Gasteiger partial charge in [-0.25, -0.2) is 0 Å². The number of carbonyl (C=O) groups excluding carboxylic acids is 1. The van der Waals surface area contributed by atoms with Crippen LogP contribution in [0.15, 0.2) is 18.2 Å². The van der Waals surface area contributed by atoms with Crippen LogP contribution in [0, 0.1) is 18.8 Å². The molecule has 0 saturated carbocycles. The molecule has 0 aromatic heterocycles. The van der Waals surface area contributed by atoms with Crippen LogP contribution in [0.5, 0.6) is 5.75 Å². The average Bonchev–Trinajstić information content (AvgIpc) is 2.07. The molecule has 0 aliphatic rings. The van der Waals surface area contributed by atoms with Crippen LogP contribution in [0.2, 0.25) is 0 Å². The number of phenolic OH excluding ortho intramolecular Hbond substituents is 1. The SMILES string of the molecule is Cc1cc(C#CC(N)=O)ccc1O. The van der Waals surface area contributed by atoms with Crippen LogP contribution < -0.4 is 5.73 Å². The molecule has 66 valence electrons. The minimum Gasteiger partial charge on any atom is -0.508 e. The van der Waals surface area contributed by atoms with Gasteiger partial charge in [0.15, 0.2) is 0 Å². The maximum absolute atomic E-state index is 10.3. The van der Waals surface area contributed by atoms with Gasteiger partial charge < -0.3 is 10.8 Å². The molecule has 13 heavy (non-hydrogen) atoms. The fourth-order valence-corrected chi connectivity index (χ4v) is 0.867. The summed E-state index contributed by atoms with van der Waals surface area (Å²) < 4.78 is 0. The Morgan fingerprint density at radius 3 is 2.77 bits per heavy atom. The van der Waals surface area contributed by atoms with Gasteiger partial charge >= 0.3 is 0 Å². The fraction of sp³-hybridized carbons (Fsp3) is 0.100. The van der Waals surface area contributed by atoms with Crippen molar-refractivity contribution >= 4 is 5.91 Å². The third-order valence-electron chi connectivity index (χ3n) is 1.53. The lowest BCUT2D eigenvalue weighted by Crippen LogP contribution is -2.06. The second-order valence-electron chi connectivity index (χ2n) is 2.62. The monoisotopic (exact) mass is 175 g/mol. The first-order valence-corrected chi connectivity index (χ1v) is 3.70. The number of carbonyl (C=O) groups is 1. The number of aromatic hydroxyl groups is 1. The number of primary amides is 1. The quantitative estimate of drug-likeness (QED) is 0.565. The van der Waals surface area contributed by atoms with E-state index >= 15 is 0 Å². The standard InChI is InChI=1S/C10H9NO2/c1-7-6-8(2-4-9(7)12)3-5-10(11)13/h2,4,6,12H,1H3,(H2,11,13). The highest BCUT2D eigenvalue weighted by atomic mass is 16.3. The zero-order valence-electron chi connectivity index (χ0n) is 7.16. The van der Waals surface area contributed by atoms with Crippen LogP contribution in [0.25, 0.3) is 0 Å². The van der Waals surface area contributed by atoms with Crippen LogP contribution in [0.4, 0.5) is 0 Å². The maximum Gasteiger partial charge on any atom is 0.293 e. The highest BCUT2D eigenvalue weighted by Gasteiger charge is 1.94. The first kappa shape index (κ1) is 9.14. The third kappa shape index (κ3) is 2.53. The molecule has 1 aromatic carbocycles. The minimum absolute atomic E-state index is 0.213. The van der Waals surface area contributed by atoms with E-state index < -0.39 is 5.91 Å². The molecule has 1 amide bonds. The van der Waals surface area contributed by atoms with Gasteiger partial charge in [0.25, 0.3) is 5.91 Å². The lowest BCUT2D eigenvalue weighted by Gasteiger charge is -1.97. The largest absolute Gasteiger partial charge is 0.508 e. The van der Waals surface area contributed by atoms with Gasteiger partial charge in [-0.05, 0) is 36.6 Å². The van der Waals surface area contributed by atoms with Crippen LogP contribution in [0.3, 0.4) is 0 Å². The number of rotatable bonds is 0. The lowest BCUT2D eigenvalue weighted by atomic mass is 10.1. The molecule has 3 heteroatoms. The molecule has 0 aliphatic carbocycles. The van der Waals surface area contributed by atoms with Crippen molar-refractivity contribution in [3.8, 4) is 17.6 Å². The summed E-state index contributed by atoms with van der Waals surface area (Å²) in [6.45, 7) is 1.75. The average molecular weight is 175 g/mol. The number of aryl methyl sites for hydroxylation is 1. The summed E-state index contributed by atoms with van der Waals surface area (Å²) >= 11 is 0. The first-order chi connectivity index (χ1) is 6.09. The van der Waals surface area contributed by atoms with E-state index in [1.807, 2.05) is 0 Å². The van der Waals surface area contributed by atoms with Crippen LogP contribution in [0.1, 0.15) is 11.1 Å². The normalized spacial score (nSPS) is 8.69. The molecule has 0 saturated heterocycles. The van der Waals surface area contributed by atoms with Crippen molar-refractivity contribution in [3.63, 3.8) is 0 Å². The van der Waals surface area contributed by atoms with Gasteiger partial charge in [0, 0.05) is 5.56 Å². The Kier molecular flexibility index (Phi) is 2.56. The van der Waals surface area contributed by atoms with Crippen molar-refractivity contribution in [2.75, 3.05) is 0 Å². The summed E-state index contributed by atoms with van der Waals surface area (Å²) in [4.78, 5) is 10.3. The Hall–Kier alpha value is -1.95. The molecule has 0 atom stereocenters. The Bertz CT molecular complexity index is 399.